The van der Waals surface area contributed by atoms with Gasteiger partial charge >= 0.3 is 6.18 Å². The van der Waals surface area contributed by atoms with Gasteiger partial charge < -0.3 is 24.4 Å². The third-order valence-corrected chi connectivity index (χ3v) is 8.07. The van der Waals surface area contributed by atoms with Crippen LogP contribution in [0.1, 0.15) is 38.0 Å². The minimum atomic E-state index is -4.50. The predicted molar refractivity (Wildman–Crippen MR) is 147 cm³/mol. The van der Waals surface area contributed by atoms with E-state index in [-0.39, 0.29) is 22.8 Å². The number of alkyl halides is 3. The number of amides is 2. The number of methoxy groups -OCH3 is 3. The second kappa shape index (κ2) is 11.7. The lowest BCUT2D eigenvalue weighted by atomic mass is 10.1. The molecule has 0 aliphatic carbocycles. The van der Waals surface area contributed by atoms with Crippen LogP contribution in [-0.2, 0) is 11.0 Å². The number of halogens is 3. The third kappa shape index (κ3) is 5.84. The Hall–Kier alpha value is -3.86. The van der Waals surface area contributed by atoms with Crippen molar-refractivity contribution in [1.29, 1.82) is 0 Å². The number of carbonyl (C=O) groups excluding carboxylic acids is 2. The van der Waals surface area contributed by atoms with Crippen molar-refractivity contribution in [3.63, 3.8) is 0 Å². The fourth-order valence-corrected chi connectivity index (χ4v) is 5.88. The van der Waals surface area contributed by atoms with E-state index in [1.165, 1.54) is 62.3 Å². The molecular formula is C29H29F3N2O5S. The molecule has 0 aromatic heterocycles. The Morgan fingerprint density at radius 3 is 2.05 bits per heavy atom. The maximum Gasteiger partial charge on any atom is 0.416 e. The molecule has 1 saturated heterocycles. The first-order valence-corrected chi connectivity index (χ1v) is 13.3. The summed E-state index contributed by atoms with van der Waals surface area (Å²) in [4.78, 5) is 29.0. The Bertz CT molecular complexity index is 1390. The van der Waals surface area contributed by atoms with Crippen LogP contribution in [0.5, 0.6) is 17.2 Å². The summed E-state index contributed by atoms with van der Waals surface area (Å²) >= 11 is 1.30. The maximum atomic E-state index is 14.1. The van der Waals surface area contributed by atoms with Gasteiger partial charge in [-0.1, -0.05) is 18.2 Å². The molecular weight excluding hydrogens is 545 g/mol. The first kappa shape index (κ1) is 29.1. The second-order valence-corrected chi connectivity index (χ2v) is 10.3. The fraction of sp³-hybridized carbons (Fsp3) is 0.310. The lowest BCUT2D eigenvalue weighted by molar-refractivity contribution is -0.137. The first-order valence-electron chi connectivity index (χ1n) is 12.3. The molecule has 1 N–H and O–H groups in total. The molecule has 2 unspecified atom stereocenters. The van der Waals surface area contributed by atoms with E-state index in [4.69, 9.17) is 14.2 Å². The number of hydrogen-bond acceptors (Lipinski definition) is 6. The molecule has 2 atom stereocenters. The number of aryl methyl sites for hydroxylation is 2. The summed E-state index contributed by atoms with van der Waals surface area (Å²) in [5.41, 5.74) is 2.46. The molecule has 1 heterocycles. The van der Waals surface area contributed by atoms with Crippen LogP contribution in [0, 0.1) is 13.8 Å². The van der Waals surface area contributed by atoms with E-state index in [0.29, 0.717) is 17.0 Å². The van der Waals surface area contributed by atoms with E-state index in [0.717, 1.165) is 23.3 Å². The average molecular weight is 575 g/mol. The highest BCUT2D eigenvalue weighted by atomic mass is 32.2. The monoisotopic (exact) mass is 574 g/mol. The molecule has 4 rings (SSSR count). The number of benzene rings is 3. The van der Waals surface area contributed by atoms with Gasteiger partial charge in [0.15, 0.2) is 11.5 Å². The highest BCUT2D eigenvalue weighted by Gasteiger charge is 2.43. The van der Waals surface area contributed by atoms with Crippen LogP contribution >= 0.6 is 11.8 Å². The predicted octanol–water partition coefficient (Wildman–Crippen LogP) is 6.24. The van der Waals surface area contributed by atoms with Crippen molar-refractivity contribution in [3.05, 3.63) is 82.4 Å². The van der Waals surface area contributed by atoms with Crippen LogP contribution in [0.3, 0.4) is 0 Å². The van der Waals surface area contributed by atoms with Crippen molar-refractivity contribution in [3.8, 4) is 17.2 Å². The number of nitrogens with zero attached hydrogens (tertiary/aromatic N) is 1. The van der Waals surface area contributed by atoms with Crippen LogP contribution < -0.4 is 19.5 Å². The molecule has 0 spiro atoms. The van der Waals surface area contributed by atoms with Gasteiger partial charge in [0.2, 0.25) is 11.7 Å². The molecule has 212 valence electrons. The number of nitrogens with one attached hydrogen (secondary N) is 1. The van der Waals surface area contributed by atoms with Crippen LogP contribution in [0.15, 0.2) is 54.6 Å². The highest BCUT2D eigenvalue weighted by molar-refractivity contribution is 7.99. The molecule has 0 saturated carbocycles. The zero-order valence-electron chi connectivity index (χ0n) is 22.6. The van der Waals surface area contributed by atoms with Crippen molar-refractivity contribution < 1.29 is 37.0 Å². The topological polar surface area (TPSA) is 77.1 Å². The molecule has 0 bridgehead atoms. The van der Waals surface area contributed by atoms with Gasteiger partial charge in [0.25, 0.3) is 5.91 Å². The molecule has 7 nitrogen and oxygen atoms in total. The maximum absolute atomic E-state index is 14.1. The Balaban J connectivity index is 1.74. The average Bonchev–Trinajstić information content (AvgIpc) is 3.38. The molecule has 2 amide bonds. The van der Waals surface area contributed by atoms with Crippen molar-refractivity contribution in [1.82, 2.24) is 4.90 Å². The largest absolute Gasteiger partial charge is 0.493 e. The lowest BCUT2D eigenvalue weighted by Gasteiger charge is -2.30. The van der Waals surface area contributed by atoms with E-state index in [2.05, 4.69) is 5.32 Å². The van der Waals surface area contributed by atoms with Gasteiger partial charge in [-0.15, -0.1) is 11.8 Å². The van der Waals surface area contributed by atoms with Gasteiger partial charge in [0, 0.05) is 17.0 Å². The van der Waals surface area contributed by atoms with Crippen LogP contribution in [0.4, 0.5) is 18.9 Å². The minimum absolute atomic E-state index is 0.165. The summed E-state index contributed by atoms with van der Waals surface area (Å²) in [6.07, 6.45) is -4.50. The van der Waals surface area contributed by atoms with E-state index < -0.39 is 35.0 Å². The van der Waals surface area contributed by atoms with E-state index >= 15 is 0 Å². The molecule has 11 heteroatoms. The van der Waals surface area contributed by atoms with Gasteiger partial charge in [0.1, 0.15) is 11.4 Å². The van der Waals surface area contributed by atoms with Crippen molar-refractivity contribution >= 4 is 29.3 Å². The normalized spacial score (nSPS) is 16.9. The number of carbonyl (C=O) groups is 2. The molecule has 1 fully saturated rings. The van der Waals surface area contributed by atoms with Gasteiger partial charge in [0.05, 0.1) is 26.9 Å². The third-order valence-electron chi connectivity index (χ3n) is 6.75. The van der Waals surface area contributed by atoms with Crippen molar-refractivity contribution in [2.45, 2.75) is 31.4 Å². The number of thioether (sulfide) groups is 1. The fourth-order valence-electron chi connectivity index (χ4n) is 4.45. The van der Waals surface area contributed by atoms with Gasteiger partial charge in [-0.25, -0.2) is 0 Å². The van der Waals surface area contributed by atoms with E-state index in [1.54, 1.807) is 6.07 Å². The SMILES string of the molecule is COc1cc(C(=O)N2C(C(=O)Nc3ccc(C)c(C)c3)CSC2c2ccc(C(F)(F)F)cc2)cc(OC)c1OC. The summed E-state index contributed by atoms with van der Waals surface area (Å²) < 4.78 is 55.7. The first-order chi connectivity index (χ1) is 19.0. The number of hydrogen-bond donors (Lipinski definition) is 1. The van der Waals surface area contributed by atoms with E-state index in [9.17, 15) is 22.8 Å². The summed E-state index contributed by atoms with van der Waals surface area (Å²) in [5, 5.41) is 2.17. The summed E-state index contributed by atoms with van der Waals surface area (Å²) in [5.74, 6) is 0.0953. The number of rotatable bonds is 7. The molecule has 3 aromatic rings. The van der Waals surface area contributed by atoms with E-state index in [1.807, 2.05) is 26.0 Å². The molecule has 40 heavy (non-hydrogen) atoms. The summed E-state index contributed by atoms with van der Waals surface area (Å²) in [6.45, 7) is 3.89. The molecule has 1 aliphatic heterocycles. The minimum Gasteiger partial charge on any atom is -0.493 e. The standard InChI is InChI=1S/C29H29F3N2O5S/c1-16-6-11-21(12-17(16)2)33-26(35)22-15-40-28(18-7-9-20(10-8-18)29(30,31)32)34(22)27(36)19-13-23(37-3)25(39-5)24(14-19)38-4/h6-14,22,28H,15H2,1-5H3,(H,33,35). The quantitative estimate of drug-likeness (QED) is 0.360. The lowest BCUT2D eigenvalue weighted by Crippen LogP contribution is -2.45. The number of anilines is 1. The smallest absolute Gasteiger partial charge is 0.416 e. The Morgan fingerprint density at radius 1 is 0.900 bits per heavy atom. The van der Waals surface area contributed by atoms with Gasteiger partial charge in [-0.05, 0) is 66.9 Å². The Labute approximate surface area is 234 Å². The van der Waals surface area contributed by atoms with Crippen LogP contribution in [0.25, 0.3) is 0 Å². The molecule has 0 radical (unpaired) electrons. The zero-order valence-corrected chi connectivity index (χ0v) is 23.4. The van der Waals surface area contributed by atoms with Gasteiger partial charge in [-0.3, -0.25) is 9.59 Å². The second-order valence-electron chi connectivity index (χ2n) is 9.24. The Morgan fingerprint density at radius 2 is 1.52 bits per heavy atom. The van der Waals surface area contributed by atoms with Crippen molar-refractivity contribution in [2.75, 3.05) is 32.4 Å². The highest BCUT2D eigenvalue weighted by Crippen LogP contribution is 2.45. The van der Waals surface area contributed by atoms with Crippen LogP contribution in [-0.4, -0.2) is 49.8 Å². The van der Waals surface area contributed by atoms with Crippen LogP contribution in [0.2, 0.25) is 0 Å². The summed E-state index contributed by atoms with van der Waals surface area (Å²) in [6, 6.07) is 12.2. The van der Waals surface area contributed by atoms with Crippen molar-refractivity contribution in [2.24, 2.45) is 0 Å². The number of ether oxygens (including phenoxy) is 3. The Kier molecular flexibility index (Phi) is 8.53. The molecule has 3 aromatic carbocycles. The van der Waals surface area contributed by atoms with Gasteiger partial charge in [-0.2, -0.15) is 13.2 Å². The summed E-state index contributed by atoms with van der Waals surface area (Å²) in [7, 11) is 4.27. The zero-order chi connectivity index (χ0) is 29.2. The molecule has 1 aliphatic rings.